The molecule has 23 rings (SSSR count). The van der Waals surface area contributed by atoms with Crippen LogP contribution >= 0.6 is 11.3 Å². The Hall–Kier alpha value is -14.8. The molecule has 0 bridgehead atoms. The average molecular weight is 1510 g/mol. The summed E-state index contributed by atoms with van der Waals surface area (Å²) in [7, 11) is 0. The molecular formula is C111H73N3O2S. The summed E-state index contributed by atoms with van der Waals surface area (Å²) in [6.07, 6.45) is 0. The molecule has 0 unspecified atom stereocenters. The molecule has 0 spiro atoms. The molecule has 0 N–H and O–H groups in total. The van der Waals surface area contributed by atoms with Crippen molar-refractivity contribution < 1.29 is 8.83 Å². The largest absolute Gasteiger partial charge is 0.455 e. The Morgan fingerprint density at radius 2 is 0.641 bits per heavy atom. The summed E-state index contributed by atoms with van der Waals surface area (Å²) >= 11 is 1.88. The van der Waals surface area contributed by atoms with E-state index in [9.17, 15) is 0 Å². The van der Waals surface area contributed by atoms with E-state index in [0.29, 0.717) is 0 Å². The second-order valence-electron chi connectivity index (χ2n) is 31.4. The normalized spacial score (nSPS) is 12.4. The van der Waals surface area contributed by atoms with Crippen LogP contribution in [0.15, 0.2) is 415 Å². The summed E-state index contributed by atoms with van der Waals surface area (Å²) in [5.74, 6) is 0. The fourth-order valence-electron chi connectivity index (χ4n) is 18.6. The van der Waals surface area contributed by atoms with Gasteiger partial charge in [-0.15, -0.1) is 11.3 Å². The molecule has 0 saturated carbocycles. The number of para-hydroxylation sites is 4. The molecule has 22 aromatic rings. The summed E-state index contributed by atoms with van der Waals surface area (Å²) in [4.78, 5) is 4.77. The van der Waals surface area contributed by atoms with Crippen molar-refractivity contribution in [1.82, 2.24) is 4.57 Å². The first-order valence-electron chi connectivity index (χ1n) is 40.2. The van der Waals surface area contributed by atoms with E-state index >= 15 is 0 Å². The third-order valence-corrected chi connectivity index (χ3v) is 25.7. The maximum Gasteiger partial charge on any atom is 0.143 e. The monoisotopic (exact) mass is 1510 g/mol. The van der Waals surface area contributed by atoms with E-state index < -0.39 is 0 Å². The number of thiophene rings is 1. The Morgan fingerprint density at radius 3 is 1.30 bits per heavy atom. The number of aromatic nitrogens is 1. The third kappa shape index (κ3) is 11.3. The predicted octanol–water partition coefficient (Wildman–Crippen LogP) is 31.9. The molecule has 550 valence electrons. The van der Waals surface area contributed by atoms with Crippen LogP contribution in [0.5, 0.6) is 0 Å². The van der Waals surface area contributed by atoms with Gasteiger partial charge in [-0.05, 0) is 216 Å². The summed E-state index contributed by atoms with van der Waals surface area (Å²) in [6, 6.07) is 149. The molecule has 0 radical (unpaired) electrons. The van der Waals surface area contributed by atoms with Gasteiger partial charge < -0.3 is 23.2 Å². The number of rotatable bonds is 14. The molecule has 5 nitrogen and oxygen atoms in total. The van der Waals surface area contributed by atoms with Gasteiger partial charge in [0.05, 0.1) is 11.0 Å². The number of nitrogens with zero attached hydrogens (tertiary/aromatic N) is 3. The summed E-state index contributed by atoms with van der Waals surface area (Å²) < 4.78 is 18.5. The zero-order chi connectivity index (χ0) is 77.4. The molecule has 117 heavy (non-hydrogen) atoms. The molecule has 18 aromatic carbocycles. The second kappa shape index (κ2) is 27.2. The van der Waals surface area contributed by atoms with E-state index in [1.165, 1.54) is 81.0 Å². The van der Waals surface area contributed by atoms with Crippen LogP contribution in [0.2, 0.25) is 0 Å². The minimum Gasteiger partial charge on any atom is -0.455 e. The minimum atomic E-state index is -0.153. The SMILES string of the molecule is CC1(C)c2ccccc2-c2ccc(N(c3ccc(-c4ccc5c(c4)c4ccccc4n5-c4cccc(-c5ccc6oc7c(-c8ccc(N(c9ccc(-c%10ccc(-c%11ccccc%11)cc%10)cc9)c9ccc(-c%10cccc%11c%10oc%10ccccc%10%11)cc9)cc8)cccc7c6c5)c4)cc3)c3ccc(-c4cccc5c4sc4ccccc45)cc3)cc21. The van der Waals surface area contributed by atoms with Crippen molar-refractivity contribution >= 4 is 131 Å². The summed E-state index contributed by atoms with van der Waals surface area (Å²) in [5, 5.41) is 9.40. The third-order valence-electron chi connectivity index (χ3n) is 24.5. The van der Waals surface area contributed by atoms with Gasteiger partial charge in [0.25, 0.3) is 0 Å². The van der Waals surface area contributed by atoms with Crippen molar-refractivity contribution in [3.8, 4) is 94.7 Å². The Bertz CT molecular complexity index is 7680. The van der Waals surface area contributed by atoms with Crippen LogP contribution in [0, 0.1) is 0 Å². The van der Waals surface area contributed by atoms with Crippen LogP contribution in [0.1, 0.15) is 25.0 Å². The Morgan fingerprint density at radius 1 is 0.239 bits per heavy atom. The van der Waals surface area contributed by atoms with Crippen LogP contribution in [0.4, 0.5) is 34.1 Å². The first-order chi connectivity index (χ1) is 57.7. The molecule has 4 heterocycles. The zero-order valence-corrected chi connectivity index (χ0v) is 65.1. The molecule has 0 saturated heterocycles. The van der Waals surface area contributed by atoms with E-state index in [2.05, 4.69) is 423 Å². The first kappa shape index (κ1) is 67.8. The molecule has 1 aliphatic carbocycles. The summed E-state index contributed by atoms with van der Waals surface area (Å²) in [5.41, 5.74) is 34.5. The van der Waals surface area contributed by atoms with Gasteiger partial charge in [0.1, 0.15) is 22.3 Å². The average Bonchev–Trinajstić information content (AvgIpc) is 1.54. The van der Waals surface area contributed by atoms with Gasteiger partial charge in [0.2, 0.25) is 0 Å². The number of fused-ring (bicyclic) bond motifs is 15. The van der Waals surface area contributed by atoms with Gasteiger partial charge in [-0.25, -0.2) is 0 Å². The fourth-order valence-corrected chi connectivity index (χ4v) is 19.8. The lowest BCUT2D eigenvalue weighted by Gasteiger charge is -2.28. The van der Waals surface area contributed by atoms with E-state index in [1.807, 2.05) is 23.5 Å². The van der Waals surface area contributed by atoms with Gasteiger partial charge in [0, 0.05) is 109 Å². The number of hydrogen-bond donors (Lipinski definition) is 0. The van der Waals surface area contributed by atoms with Gasteiger partial charge in [-0.2, -0.15) is 0 Å². The fraction of sp³-hybridized carbons (Fsp3) is 0.0270. The lowest BCUT2D eigenvalue weighted by atomic mass is 9.82. The highest BCUT2D eigenvalue weighted by Crippen LogP contribution is 2.52. The second-order valence-corrected chi connectivity index (χ2v) is 32.5. The molecular weight excluding hydrogens is 1440 g/mol. The van der Waals surface area contributed by atoms with Gasteiger partial charge >= 0.3 is 0 Å². The van der Waals surface area contributed by atoms with Crippen molar-refractivity contribution in [2.45, 2.75) is 19.3 Å². The van der Waals surface area contributed by atoms with E-state index in [4.69, 9.17) is 8.83 Å². The molecule has 6 heteroatoms. The quantitative estimate of drug-likeness (QED) is 0.109. The zero-order valence-electron chi connectivity index (χ0n) is 64.2. The molecule has 0 atom stereocenters. The Balaban J connectivity index is 0.548. The van der Waals surface area contributed by atoms with Crippen molar-refractivity contribution in [2.24, 2.45) is 0 Å². The molecule has 0 fully saturated rings. The van der Waals surface area contributed by atoms with Gasteiger partial charge in [0.15, 0.2) is 0 Å². The van der Waals surface area contributed by atoms with E-state index in [1.54, 1.807) is 0 Å². The molecule has 1 aliphatic rings. The minimum absolute atomic E-state index is 0.153. The first-order valence-corrected chi connectivity index (χ1v) is 41.0. The van der Waals surface area contributed by atoms with Gasteiger partial charge in [-0.3, -0.25) is 0 Å². The van der Waals surface area contributed by atoms with Crippen molar-refractivity contribution in [3.63, 3.8) is 0 Å². The van der Waals surface area contributed by atoms with Gasteiger partial charge in [-0.1, -0.05) is 293 Å². The molecule has 0 aliphatic heterocycles. The summed E-state index contributed by atoms with van der Waals surface area (Å²) in [6.45, 7) is 4.73. The van der Waals surface area contributed by atoms with Crippen LogP contribution in [-0.2, 0) is 5.41 Å². The number of anilines is 6. The standard InChI is InChI=1S/C111H73N3O2S/c1-111(2)101-32-10-6-22-91(101)92-63-62-87(69-102(92)111)113(85-60-48-77(49-61-85)90-28-17-31-98-95-25-9-13-35-107(95)117-110(90)98)84-54-42-74(43-55-84)79-50-64-104-99(67-79)93-23-7-11-33-103(93)114(104)86-21-14-20-78(66-86)80-51-65-106-100(68-80)97-30-16-27-89(109(97)116-106)76-46-58-83(59-47-76)112(81-52-40-73(41-53-81)72-38-36-71(37-39-72)70-18-4-3-5-19-70)82-56-44-75(45-57-82)88-26-15-29-96-94-24-8-12-34-105(94)115-108(88)96/h3-69H,1-2H3. The van der Waals surface area contributed by atoms with Crippen LogP contribution in [-0.4, -0.2) is 4.57 Å². The van der Waals surface area contributed by atoms with Crippen LogP contribution in [0.25, 0.3) is 181 Å². The van der Waals surface area contributed by atoms with Crippen molar-refractivity contribution in [3.05, 3.63) is 418 Å². The Kier molecular flexibility index (Phi) is 15.8. The molecule has 0 amide bonds. The predicted molar refractivity (Wildman–Crippen MR) is 493 cm³/mol. The number of benzene rings is 18. The maximum absolute atomic E-state index is 6.93. The van der Waals surface area contributed by atoms with Crippen LogP contribution < -0.4 is 9.80 Å². The lowest BCUT2D eigenvalue weighted by molar-refractivity contribution is 0.660. The maximum atomic E-state index is 6.93. The smallest absolute Gasteiger partial charge is 0.143 e. The highest BCUT2D eigenvalue weighted by Gasteiger charge is 2.36. The number of furan rings is 2. The van der Waals surface area contributed by atoms with Crippen molar-refractivity contribution in [2.75, 3.05) is 9.80 Å². The highest BCUT2D eigenvalue weighted by molar-refractivity contribution is 7.26. The van der Waals surface area contributed by atoms with E-state index in [-0.39, 0.29) is 5.41 Å². The van der Waals surface area contributed by atoms with Crippen molar-refractivity contribution in [1.29, 1.82) is 0 Å². The van der Waals surface area contributed by atoms with E-state index in [0.717, 1.165) is 145 Å². The number of hydrogen-bond acceptors (Lipinski definition) is 5. The Labute approximate surface area is 681 Å². The lowest BCUT2D eigenvalue weighted by Crippen LogP contribution is -2.16. The topological polar surface area (TPSA) is 37.7 Å². The molecule has 4 aromatic heterocycles. The highest BCUT2D eigenvalue weighted by atomic mass is 32.1. The van der Waals surface area contributed by atoms with Crippen LogP contribution in [0.3, 0.4) is 0 Å².